The second-order valence-electron chi connectivity index (χ2n) is 4.76. The molecule has 2 saturated heterocycles. The van der Waals surface area contributed by atoms with Crippen LogP contribution >= 0.6 is 0 Å². The van der Waals surface area contributed by atoms with Crippen molar-refractivity contribution in [3.63, 3.8) is 0 Å². The van der Waals surface area contributed by atoms with Gasteiger partial charge in [-0.3, -0.25) is 4.79 Å². The van der Waals surface area contributed by atoms with Gasteiger partial charge in [-0.1, -0.05) is 30.3 Å². The highest BCUT2D eigenvalue weighted by Crippen LogP contribution is 2.44. The molecule has 2 heterocycles. The van der Waals surface area contributed by atoms with E-state index in [0.29, 0.717) is 5.92 Å². The van der Waals surface area contributed by atoms with Crippen LogP contribution < -0.4 is 10.6 Å². The number of benzene rings is 1. The zero-order valence-electron chi connectivity index (χ0n) is 9.20. The molecule has 2 aliphatic rings. The Kier molecular flexibility index (Phi) is 2.21. The van der Waals surface area contributed by atoms with Gasteiger partial charge in [-0.2, -0.15) is 0 Å². The average Bonchev–Trinajstić information content (AvgIpc) is 2.92. The summed E-state index contributed by atoms with van der Waals surface area (Å²) in [5, 5.41) is 6.35. The number of nitrogens with one attached hydrogen (secondary N) is 2. The van der Waals surface area contributed by atoms with Crippen molar-refractivity contribution in [3.8, 4) is 0 Å². The number of hydrogen-bond donors (Lipinski definition) is 2. The Balaban J connectivity index is 1.99. The summed E-state index contributed by atoms with van der Waals surface area (Å²) in [6, 6.07) is 10.4. The molecule has 2 fully saturated rings. The summed E-state index contributed by atoms with van der Waals surface area (Å²) in [5.74, 6) is 0.558. The maximum Gasteiger partial charge on any atom is 0.228 e. The minimum absolute atomic E-state index is 0.193. The fourth-order valence-electron chi connectivity index (χ4n) is 3.05. The molecule has 0 radical (unpaired) electrons. The number of carbonyl (C=O) groups is 1. The first kappa shape index (κ1) is 9.85. The predicted molar refractivity (Wildman–Crippen MR) is 62.1 cm³/mol. The molecule has 16 heavy (non-hydrogen) atoms. The molecule has 0 saturated carbocycles. The first-order valence-corrected chi connectivity index (χ1v) is 5.87. The van der Waals surface area contributed by atoms with Gasteiger partial charge >= 0.3 is 0 Å². The summed E-state index contributed by atoms with van der Waals surface area (Å²) in [5.41, 5.74) is 1.09. The summed E-state index contributed by atoms with van der Waals surface area (Å²) < 4.78 is 0. The van der Waals surface area contributed by atoms with Crippen LogP contribution in [0.15, 0.2) is 30.3 Å². The Bertz CT molecular complexity index is 396. The Hall–Kier alpha value is -1.35. The van der Waals surface area contributed by atoms with Crippen molar-refractivity contribution in [1.82, 2.24) is 10.6 Å². The van der Waals surface area contributed by atoms with E-state index in [1.54, 1.807) is 0 Å². The summed E-state index contributed by atoms with van der Waals surface area (Å²) in [6.45, 7) is 2.56. The van der Waals surface area contributed by atoms with Crippen LogP contribution in [0.1, 0.15) is 17.9 Å². The van der Waals surface area contributed by atoms with Gasteiger partial charge in [-0.05, 0) is 18.5 Å². The van der Waals surface area contributed by atoms with Gasteiger partial charge in [-0.25, -0.2) is 0 Å². The Morgan fingerprint density at radius 2 is 2.06 bits per heavy atom. The molecule has 84 valence electrons. The molecule has 1 aromatic carbocycles. The van der Waals surface area contributed by atoms with Crippen LogP contribution in [0.4, 0.5) is 0 Å². The lowest BCUT2D eigenvalue weighted by Gasteiger charge is -2.27. The monoisotopic (exact) mass is 216 g/mol. The van der Waals surface area contributed by atoms with E-state index in [9.17, 15) is 4.79 Å². The second-order valence-corrected chi connectivity index (χ2v) is 4.76. The topological polar surface area (TPSA) is 41.1 Å². The molecular formula is C13H16N2O. The molecule has 2 N–H and O–H groups in total. The first-order valence-electron chi connectivity index (χ1n) is 5.87. The van der Waals surface area contributed by atoms with Crippen LogP contribution in [0.25, 0.3) is 0 Å². The van der Waals surface area contributed by atoms with Crippen molar-refractivity contribution >= 4 is 5.91 Å². The van der Waals surface area contributed by atoms with E-state index in [2.05, 4.69) is 22.8 Å². The highest BCUT2D eigenvalue weighted by atomic mass is 16.2. The third-order valence-electron chi connectivity index (χ3n) is 3.98. The van der Waals surface area contributed by atoms with E-state index >= 15 is 0 Å². The van der Waals surface area contributed by atoms with Crippen LogP contribution in [0.2, 0.25) is 0 Å². The number of amides is 1. The largest absolute Gasteiger partial charge is 0.355 e. The second kappa shape index (κ2) is 3.59. The molecule has 3 rings (SSSR count). The normalized spacial score (nSPS) is 33.2. The third kappa shape index (κ3) is 1.28. The molecule has 1 spiro atoms. The fourth-order valence-corrected chi connectivity index (χ4v) is 3.05. The summed E-state index contributed by atoms with van der Waals surface area (Å²) in [6.07, 6.45) is 0.957. The Labute approximate surface area is 95.2 Å². The van der Waals surface area contributed by atoms with E-state index in [1.165, 1.54) is 5.56 Å². The average molecular weight is 216 g/mol. The highest BCUT2D eigenvalue weighted by Gasteiger charge is 2.52. The maximum absolute atomic E-state index is 12.0. The van der Waals surface area contributed by atoms with Gasteiger partial charge in [0.2, 0.25) is 5.91 Å². The molecule has 2 aliphatic heterocycles. The molecule has 3 heteroatoms. The molecule has 0 aromatic heterocycles. The van der Waals surface area contributed by atoms with Crippen LogP contribution in [0, 0.1) is 5.41 Å². The Morgan fingerprint density at radius 1 is 1.25 bits per heavy atom. The molecule has 0 aliphatic carbocycles. The van der Waals surface area contributed by atoms with Crippen molar-refractivity contribution in [2.24, 2.45) is 5.41 Å². The quantitative estimate of drug-likeness (QED) is 0.731. The van der Waals surface area contributed by atoms with E-state index in [4.69, 9.17) is 0 Å². The van der Waals surface area contributed by atoms with E-state index in [-0.39, 0.29) is 11.3 Å². The van der Waals surface area contributed by atoms with Crippen molar-refractivity contribution in [2.75, 3.05) is 19.6 Å². The van der Waals surface area contributed by atoms with E-state index < -0.39 is 0 Å². The molecule has 1 amide bonds. The van der Waals surface area contributed by atoms with Crippen LogP contribution in [0.3, 0.4) is 0 Å². The minimum atomic E-state index is -0.193. The lowest BCUT2D eigenvalue weighted by molar-refractivity contribution is -0.127. The Morgan fingerprint density at radius 3 is 2.75 bits per heavy atom. The maximum atomic E-state index is 12.0. The van der Waals surface area contributed by atoms with Gasteiger partial charge in [0.1, 0.15) is 0 Å². The van der Waals surface area contributed by atoms with Crippen molar-refractivity contribution in [1.29, 1.82) is 0 Å². The highest BCUT2D eigenvalue weighted by molar-refractivity contribution is 5.87. The number of carbonyl (C=O) groups excluding carboxylic acids is 1. The smallest absolute Gasteiger partial charge is 0.228 e. The summed E-state index contributed by atoms with van der Waals surface area (Å²) >= 11 is 0. The van der Waals surface area contributed by atoms with Crippen molar-refractivity contribution in [3.05, 3.63) is 35.9 Å². The third-order valence-corrected chi connectivity index (χ3v) is 3.98. The standard InChI is InChI=1S/C13H16N2O/c16-12-13(6-7-14-9-13)11(8-15-12)10-4-2-1-3-5-10/h1-5,11,14H,6-9H2,(H,15,16)/t11-,13-/m1/s1. The van der Waals surface area contributed by atoms with Gasteiger partial charge in [0.15, 0.2) is 0 Å². The molecular weight excluding hydrogens is 200 g/mol. The van der Waals surface area contributed by atoms with E-state index in [0.717, 1.165) is 26.1 Å². The predicted octanol–water partition coefficient (Wildman–Crippen LogP) is 0.880. The first-order chi connectivity index (χ1) is 7.83. The van der Waals surface area contributed by atoms with Crippen LogP contribution in [0.5, 0.6) is 0 Å². The van der Waals surface area contributed by atoms with Gasteiger partial charge in [0.05, 0.1) is 5.41 Å². The summed E-state index contributed by atoms with van der Waals surface area (Å²) in [4.78, 5) is 12.0. The molecule has 1 aromatic rings. The van der Waals surface area contributed by atoms with Gasteiger partial charge < -0.3 is 10.6 Å². The molecule has 0 unspecified atom stereocenters. The van der Waals surface area contributed by atoms with Crippen LogP contribution in [-0.4, -0.2) is 25.5 Å². The van der Waals surface area contributed by atoms with Crippen LogP contribution in [-0.2, 0) is 4.79 Å². The fraction of sp³-hybridized carbons (Fsp3) is 0.462. The zero-order chi connectivity index (χ0) is 11.0. The van der Waals surface area contributed by atoms with Gasteiger partial charge in [0, 0.05) is 19.0 Å². The van der Waals surface area contributed by atoms with E-state index in [1.807, 2.05) is 18.2 Å². The minimum Gasteiger partial charge on any atom is -0.355 e. The zero-order valence-corrected chi connectivity index (χ0v) is 9.20. The lowest BCUT2D eigenvalue weighted by Crippen LogP contribution is -2.36. The number of rotatable bonds is 1. The van der Waals surface area contributed by atoms with Gasteiger partial charge in [-0.15, -0.1) is 0 Å². The number of hydrogen-bond acceptors (Lipinski definition) is 2. The van der Waals surface area contributed by atoms with Crippen molar-refractivity contribution < 1.29 is 4.79 Å². The van der Waals surface area contributed by atoms with Gasteiger partial charge in [0.25, 0.3) is 0 Å². The molecule has 0 bridgehead atoms. The molecule has 2 atom stereocenters. The SMILES string of the molecule is O=C1NC[C@H](c2ccccc2)[C@]12CCNC2. The lowest BCUT2D eigenvalue weighted by atomic mass is 9.73. The molecule has 3 nitrogen and oxygen atoms in total. The van der Waals surface area contributed by atoms with Crippen molar-refractivity contribution in [2.45, 2.75) is 12.3 Å². The summed E-state index contributed by atoms with van der Waals surface area (Å²) in [7, 11) is 0.